The highest BCUT2D eigenvalue weighted by molar-refractivity contribution is 6.34. The van der Waals surface area contributed by atoms with E-state index in [1.165, 1.54) is 11.2 Å². The molecule has 228 valence electrons. The molecule has 13 heteroatoms. The zero-order chi connectivity index (χ0) is 31.1. The van der Waals surface area contributed by atoms with Gasteiger partial charge in [0.25, 0.3) is 5.91 Å². The number of hydrogen-bond acceptors (Lipinski definition) is 9. The zero-order valence-electron chi connectivity index (χ0n) is 24.0. The van der Waals surface area contributed by atoms with Crippen LogP contribution >= 0.6 is 11.6 Å². The van der Waals surface area contributed by atoms with E-state index in [9.17, 15) is 18.8 Å². The first kappa shape index (κ1) is 29.6. The van der Waals surface area contributed by atoms with Gasteiger partial charge in [-0.2, -0.15) is 15.2 Å². The number of nitrogens with two attached hydrogens (primary N) is 1. The van der Waals surface area contributed by atoms with Gasteiger partial charge in [-0.25, -0.2) is 8.78 Å². The van der Waals surface area contributed by atoms with Gasteiger partial charge in [-0.15, -0.1) is 0 Å². The Hall–Kier alpha value is -4.47. The van der Waals surface area contributed by atoms with Crippen LogP contribution in [-0.2, 0) is 4.79 Å². The number of nitriles is 1. The third kappa shape index (κ3) is 5.37. The summed E-state index contributed by atoms with van der Waals surface area (Å²) in [5.74, 6) is -2.11. The van der Waals surface area contributed by atoms with Crippen LogP contribution in [0.3, 0.4) is 0 Å². The molecule has 4 heterocycles. The quantitative estimate of drug-likeness (QED) is 0.216. The van der Waals surface area contributed by atoms with Crippen molar-refractivity contribution in [2.75, 3.05) is 50.5 Å². The number of likely N-dealkylation sites (N-methyl/N-ethyl adjacent to an activating group) is 1. The molecule has 2 saturated heterocycles. The molecule has 2 fully saturated rings. The third-order valence-electron chi connectivity index (χ3n) is 8.38. The predicted molar refractivity (Wildman–Crippen MR) is 163 cm³/mol. The van der Waals surface area contributed by atoms with Crippen molar-refractivity contribution in [2.45, 2.75) is 31.3 Å². The molecule has 2 aromatic carbocycles. The van der Waals surface area contributed by atoms with E-state index in [2.05, 4.69) is 17.5 Å². The maximum atomic E-state index is 14.7. The number of rotatable bonds is 7. The largest absolute Gasteiger partial charge is 0.463 e. The summed E-state index contributed by atoms with van der Waals surface area (Å²) in [5, 5.41) is 10.6. The van der Waals surface area contributed by atoms with E-state index in [1.807, 2.05) is 11.9 Å². The summed E-state index contributed by atoms with van der Waals surface area (Å²) >= 11 is 6.42. The van der Waals surface area contributed by atoms with Crippen LogP contribution in [0.2, 0.25) is 5.02 Å². The van der Waals surface area contributed by atoms with Gasteiger partial charge in [-0.05, 0) is 56.3 Å². The number of amides is 1. The Morgan fingerprint density at radius 2 is 2.07 bits per heavy atom. The second kappa shape index (κ2) is 11.9. The van der Waals surface area contributed by atoms with Crippen LogP contribution in [0.1, 0.15) is 19.3 Å². The molecule has 1 amide bonds. The van der Waals surface area contributed by atoms with Gasteiger partial charge in [0.1, 0.15) is 23.8 Å². The third-order valence-corrected chi connectivity index (χ3v) is 8.76. The van der Waals surface area contributed by atoms with Crippen LogP contribution in [0, 0.1) is 17.1 Å². The van der Waals surface area contributed by atoms with Gasteiger partial charge >= 0.3 is 6.01 Å². The Morgan fingerprint density at radius 3 is 2.80 bits per heavy atom. The fraction of sp³-hybridized carbons (Fsp3) is 0.355. The van der Waals surface area contributed by atoms with Crippen molar-refractivity contribution >= 4 is 50.9 Å². The Balaban J connectivity index is 1.50. The van der Waals surface area contributed by atoms with Crippen LogP contribution in [0.4, 0.5) is 20.3 Å². The topological polar surface area (TPSA) is 125 Å². The Kier molecular flexibility index (Phi) is 8.00. The van der Waals surface area contributed by atoms with Gasteiger partial charge < -0.3 is 29.6 Å². The lowest BCUT2D eigenvalue weighted by atomic mass is 9.98. The fourth-order valence-electron chi connectivity index (χ4n) is 6.13. The van der Waals surface area contributed by atoms with Crippen LogP contribution in [-0.4, -0.2) is 77.6 Å². The zero-order valence-corrected chi connectivity index (χ0v) is 24.8. The Morgan fingerprint density at radius 1 is 1.25 bits per heavy atom. The van der Waals surface area contributed by atoms with Gasteiger partial charge in [0.2, 0.25) is 0 Å². The molecule has 6 rings (SSSR count). The summed E-state index contributed by atoms with van der Waals surface area (Å²) in [6.45, 7) is 5.11. The first-order chi connectivity index (χ1) is 21.2. The Labute approximate surface area is 257 Å². The number of carbonyl (C=O) groups excluding carboxylic acids is 1. The molecular formula is C31H30ClF2N7O3. The highest BCUT2D eigenvalue weighted by Gasteiger charge is 2.34. The number of hydrogen-bond donors (Lipinski definition) is 1. The van der Waals surface area contributed by atoms with E-state index in [0.717, 1.165) is 25.5 Å². The van der Waals surface area contributed by atoms with Crippen LogP contribution in [0.25, 0.3) is 33.0 Å². The van der Waals surface area contributed by atoms with E-state index in [0.29, 0.717) is 45.4 Å². The van der Waals surface area contributed by atoms with Gasteiger partial charge in [-0.3, -0.25) is 4.79 Å². The summed E-state index contributed by atoms with van der Waals surface area (Å²) in [6.07, 6.45) is 3.55. The lowest BCUT2D eigenvalue weighted by Crippen LogP contribution is -2.55. The number of halogens is 3. The lowest BCUT2D eigenvalue weighted by Gasteiger charge is -2.41. The SMILES string of the molecule is C=C(F)C(=O)N1CCN(c2nc(OC[C@@H]3CCCN3C)nc3cc(-c4cc(N)cc(F)c4Cl)c4ccoc4c23)C[C@@H]1CC#N. The molecule has 0 saturated carbocycles. The average molecular weight is 622 g/mol. The molecule has 2 N–H and O–H groups in total. The van der Waals surface area contributed by atoms with E-state index in [1.54, 1.807) is 18.2 Å². The highest BCUT2D eigenvalue weighted by Crippen LogP contribution is 2.43. The molecule has 2 aromatic heterocycles. The first-order valence-corrected chi connectivity index (χ1v) is 14.6. The van der Waals surface area contributed by atoms with Crippen molar-refractivity contribution in [1.29, 1.82) is 5.26 Å². The number of benzene rings is 2. The van der Waals surface area contributed by atoms with E-state index < -0.39 is 23.6 Å². The van der Waals surface area contributed by atoms with Gasteiger partial charge in [0.15, 0.2) is 5.83 Å². The van der Waals surface area contributed by atoms with Crippen LogP contribution in [0.5, 0.6) is 6.01 Å². The fourth-order valence-corrected chi connectivity index (χ4v) is 6.34. The predicted octanol–water partition coefficient (Wildman–Crippen LogP) is 5.30. The molecule has 0 aliphatic carbocycles. The number of carbonyl (C=O) groups is 1. The van der Waals surface area contributed by atoms with Crippen molar-refractivity contribution in [1.82, 2.24) is 19.8 Å². The molecule has 2 atom stereocenters. The number of nitrogens with zero attached hydrogens (tertiary/aromatic N) is 6. The number of ether oxygens (including phenoxy) is 1. The number of furan rings is 1. The molecule has 0 unspecified atom stereocenters. The summed E-state index contributed by atoms with van der Waals surface area (Å²) in [4.78, 5) is 27.6. The molecule has 2 aliphatic heterocycles. The maximum Gasteiger partial charge on any atom is 0.319 e. The number of anilines is 2. The van der Waals surface area contributed by atoms with Crippen LogP contribution in [0.15, 0.2) is 47.4 Å². The second-order valence-electron chi connectivity index (χ2n) is 11.1. The molecule has 4 aromatic rings. The number of nitrogen functional groups attached to an aromatic ring is 1. The number of aromatic nitrogens is 2. The Bertz CT molecular complexity index is 1820. The average Bonchev–Trinajstić information content (AvgIpc) is 3.66. The van der Waals surface area contributed by atoms with Gasteiger partial charge in [0, 0.05) is 42.3 Å². The highest BCUT2D eigenvalue weighted by atomic mass is 35.5. The first-order valence-electron chi connectivity index (χ1n) is 14.2. The minimum atomic E-state index is -1.08. The lowest BCUT2D eigenvalue weighted by molar-refractivity contribution is -0.131. The van der Waals surface area contributed by atoms with E-state index in [4.69, 9.17) is 36.5 Å². The summed E-state index contributed by atoms with van der Waals surface area (Å²) in [6, 6.07) is 8.08. The molecule has 0 radical (unpaired) electrons. The number of fused-ring (bicyclic) bond motifs is 3. The molecule has 2 aliphatic rings. The molecule has 10 nitrogen and oxygen atoms in total. The molecule has 0 bridgehead atoms. The number of likely N-dealkylation sites (tertiary alicyclic amines) is 1. The van der Waals surface area contributed by atoms with E-state index >= 15 is 0 Å². The maximum absolute atomic E-state index is 14.7. The standard InChI is InChI=1S/C31H30ClF2N7O3/c1-17(33)30(42)41-10-9-40(15-19(41)5-7-35)29-26-25(37-31(38-29)44-16-20-4-3-8-39(20)2)14-22(21-6-11-43-28(21)26)23-12-18(36)13-24(34)27(23)32/h6,11-14,19-20H,1,3-5,8-10,15-16,36H2,2H3/t19-,20-/m0/s1. The molecule has 44 heavy (non-hydrogen) atoms. The number of piperazine rings is 1. The van der Waals surface area contributed by atoms with E-state index in [-0.39, 0.29) is 48.8 Å². The second-order valence-corrected chi connectivity index (χ2v) is 11.5. The molecular weight excluding hydrogens is 592 g/mol. The van der Waals surface area contributed by atoms with Crippen LogP contribution < -0.4 is 15.4 Å². The van der Waals surface area contributed by atoms with Crippen molar-refractivity contribution in [3.05, 3.63) is 53.8 Å². The summed E-state index contributed by atoms with van der Waals surface area (Å²) in [7, 11) is 2.05. The summed E-state index contributed by atoms with van der Waals surface area (Å²) < 4.78 is 40.7. The molecule has 0 spiro atoms. The van der Waals surface area contributed by atoms with Crippen molar-refractivity contribution in [3.8, 4) is 23.2 Å². The summed E-state index contributed by atoms with van der Waals surface area (Å²) in [5.41, 5.74) is 8.01. The van der Waals surface area contributed by atoms with Crippen molar-refractivity contribution < 1.29 is 22.7 Å². The van der Waals surface area contributed by atoms with Gasteiger partial charge in [0.05, 0.1) is 40.7 Å². The minimum absolute atomic E-state index is 0.0181. The van der Waals surface area contributed by atoms with Crippen molar-refractivity contribution in [2.24, 2.45) is 0 Å². The van der Waals surface area contributed by atoms with Crippen molar-refractivity contribution in [3.63, 3.8) is 0 Å². The van der Waals surface area contributed by atoms with Gasteiger partial charge in [-0.1, -0.05) is 18.2 Å². The smallest absolute Gasteiger partial charge is 0.319 e. The normalized spacial score (nSPS) is 19.1. The monoisotopic (exact) mass is 621 g/mol. The minimum Gasteiger partial charge on any atom is -0.463 e.